The number of nitrogens with one attached hydrogen (secondary N) is 2. The van der Waals surface area contributed by atoms with Crippen molar-refractivity contribution < 1.29 is 9.47 Å². The molecule has 32 heavy (non-hydrogen) atoms. The van der Waals surface area contributed by atoms with Gasteiger partial charge in [0.1, 0.15) is 12.4 Å². The number of para-hydroxylation sites is 2. The van der Waals surface area contributed by atoms with E-state index in [0.29, 0.717) is 41.2 Å². The second-order valence-corrected chi connectivity index (χ2v) is 8.79. The maximum atomic E-state index is 6.27. The molecule has 0 atom stereocenters. The fourth-order valence-corrected chi connectivity index (χ4v) is 4.29. The van der Waals surface area contributed by atoms with Gasteiger partial charge in [-0.25, -0.2) is 4.98 Å². The van der Waals surface area contributed by atoms with Crippen LogP contribution in [0.2, 0.25) is 10.0 Å². The second kappa shape index (κ2) is 10.6. The van der Waals surface area contributed by atoms with E-state index in [0.717, 1.165) is 32.5 Å². The van der Waals surface area contributed by atoms with Gasteiger partial charge in [0.2, 0.25) is 0 Å². The van der Waals surface area contributed by atoms with E-state index in [1.54, 1.807) is 12.1 Å². The Kier molecular flexibility index (Phi) is 7.58. The Labute approximate surface area is 205 Å². The molecule has 0 aliphatic heterocycles. The van der Waals surface area contributed by atoms with Gasteiger partial charge in [-0.1, -0.05) is 57.3 Å². The minimum Gasteiger partial charge on any atom is -0.490 e. The highest BCUT2D eigenvalue weighted by atomic mass is 79.9. The van der Waals surface area contributed by atoms with Crippen LogP contribution in [0, 0.1) is 0 Å². The maximum absolute atomic E-state index is 6.27. The predicted octanol–water partition coefficient (Wildman–Crippen LogP) is 6.90. The summed E-state index contributed by atoms with van der Waals surface area (Å²) in [7, 11) is 0. The molecule has 1 heterocycles. The molecular formula is C24H22BrCl2N3O2. The number of fused-ring (bicyclic) bond motifs is 1. The summed E-state index contributed by atoms with van der Waals surface area (Å²) < 4.78 is 12.8. The highest BCUT2D eigenvalue weighted by Gasteiger charge is 2.13. The molecule has 0 saturated carbocycles. The molecule has 1 aromatic heterocycles. The van der Waals surface area contributed by atoms with E-state index < -0.39 is 0 Å². The van der Waals surface area contributed by atoms with E-state index >= 15 is 0 Å². The van der Waals surface area contributed by atoms with Crippen molar-refractivity contribution in [2.45, 2.75) is 26.6 Å². The average molecular weight is 535 g/mol. The number of aromatic nitrogens is 2. The molecule has 0 spiro atoms. The Morgan fingerprint density at radius 3 is 2.47 bits per heavy atom. The van der Waals surface area contributed by atoms with Crippen molar-refractivity contribution in [3.8, 4) is 11.5 Å². The zero-order chi connectivity index (χ0) is 22.5. The number of imidazole rings is 1. The lowest BCUT2D eigenvalue weighted by Crippen LogP contribution is -2.14. The third-order valence-corrected chi connectivity index (χ3v) is 6.34. The molecule has 0 fully saturated rings. The number of hydrogen-bond donors (Lipinski definition) is 2. The summed E-state index contributed by atoms with van der Waals surface area (Å²) in [6, 6.07) is 17.3. The molecule has 4 rings (SSSR count). The minimum atomic E-state index is 0.245. The summed E-state index contributed by atoms with van der Waals surface area (Å²) in [5.74, 6) is 2.18. The normalized spacial score (nSPS) is 11.1. The number of H-pyrrole nitrogens is 1. The fourth-order valence-electron chi connectivity index (χ4n) is 3.32. The Bertz CT molecular complexity index is 1180. The first-order chi connectivity index (χ1) is 15.5. The molecule has 8 heteroatoms. The second-order valence-electron chi connectivity index (χ2n) is 7.12. The van der Waals surface area contributed by atoms with Crippen LogP contribution in [0.3, 0.4) is 0 Å². The summed E-state index contributed by atoms with van der Waals surface area (Å²) in [6.45, 7) is 3.96. The summed E-state index contributed by atoms with van der Waals surface area (Å²) >= 11 is 16.2. The molecular weight excluding hydrogens is 513 g/mol. The lowest BCUT2D eigenvalue weighted by atomic mass is 10.2. The van der Waals surface area contributed by atoms with E-state index in [1.807, 2.05) is 49.4 Å². The molecule has 0 unspecified atom stereocenters. The van der Waals surface area contributed by atoms with Gasteiger partial charge < -0.3 is 19.8 Å². The number of aromatic amines is 1. The number of halogens is 3. The molecule has 5 nitrogen and oxygen atoms in total. The first kappa shape index (κ1) is 22.9. The largest absolute Gasteiger partial charge is 0.490 e. The molecule has 3 aromatic carbocycles. The molecule has 0 bridgehead atoms. The molecule has 166 valence electrons. The van der Waals surface area contributed by atoms with Crippen LogP contribution in [0.1, 0.15) is 23.9 Å². The van der Waals surface area contributed by atoms with Crippen LogP contribution in [0.4, 0.5) is 0 Å². The average Bonchev–Trinajstić information content (AvgIpc) is 3.19. The van der Waals surface area contributed by atoms with Crippen LogP contribution in [-0.4, -0.2) is 16.6 Å². The summed E-state index contributed by atoms with van der Waals surface area (Å²) in [5.41, 5.74) is 3.78. The van der Waals surface area contributed by atoms with Gasteiger partial charge in [0.25, 0.3) is 0 Å². The van der Waals surface area contributed by atoms with Crippen molar-refractivity contribution in [2.24, 2.45) is 0 Å². The van der Waals surface area contributed by atoms with E-state index in [1.165, 1.54) is 0 Å². The lowest BCUT2D eigenvalue weighted by Gasteiger charge is -2.16. The van der Waals surface area contributed by atoms with Gasteiger partial charge in [-0.15, -0.1) is 0 Å². The highest BCUT2D eigenvalue weighted by Crippen LogP contribution is 2.35. The first-order valence-electron chi connectivity index (χ1n) is 10.2. The molecule has 0 aliphatic rings. The van der Waals surface area contributed by atoms with Gasteiger partial charge in [0, 0.05) is 26.6 Å². The van der Waals surface area contributed by atoms with Gasteiger partial charge >= 0.3 is 0 Å². The van der Waals surface area contributed by atoms with Crippen LogP contribution < -0.4 is 14.8 Å². The zero-order valence-corrected chi connectivity index (χ0v) is 20.5. The van der Waals surface area contributed by atoms with E-state index in [2.05, 4.69) is 31.2 Å². The molecule has 2 N–H and O–H groups in total. The fraction of sp³-hybridized carbons (Fsp3) is 0.208. The SMILES string of the molecule is CCOc1cc(CNCc2nc3ccccc3[nH]2)c(Br)cc1OCc1c(Cl)cccc1Cl. The Balaban J connectivity index is 1.45. The molecule has 0 amide bonds. The molecule has 0 aliphatic carbocycles. The number of rotatable bonds is 9. The number of ether oxygens (including phenoxy) is 2. The Hall–Kier alpha value is -2.25. The lowest BCUT2D eigenvalue weighted by molar-refractivity contribution is 0.269. The smallest absolute Gasteiger partial charge is 0.162 e. The molecule has 0 radical (unpaired) electrons. The van der Waals surface area contributed by atoms with E-state index in [9.17, 15) is 0 Å². The van der Waals surface area contributed by atoms with Crippen molar-refractivity contribution >= 4 is 50.2 Å². The van der Waals surface area contributed by atoms with Gasteiger partial charge in [0.05, 0.1) is 24.2 Å². The maximum Gasteiger partial charge on any atom is 0.162 e. The first-order valence-corrected chi connectivity index (χ1v) is 11.7. The predicted molar refractivity (Wildman–Crippen MR) is 133 cm³/mol. The van der Waals surface area contributed by atoms with Crippen molar-refractivity contribution in [3.63, 3.8) is 0 Å². The van der Waals surface area contributed by atoms with E-state index in [-0.39, 0.29) is 6.61 Å². The Morgan fingerprint density at radius 1 is 0.969 bits per heavy atom. The third-order valence-electron chi connectivity index (χ3n) is 4.89. The highest BCUT2D eigenvalue weighted by molar-refractivity contribution is 9.10. The topological polar surface area (TPSA) is 59.2 Å². The summed E-state index contributed by atoms with van der Waals surface area (Å²) in [5, 5.41) is 4.57. The van der Waals surface area contributed by atoms with Gasteiger partial charge in [0.15, 0.2) is 11.5 Å². The van der Waals surface area contributed by atoms with Crippen LogP contribution >= 0.6 is 39.1 Å². The summed E-state index contributed by atoms with van der Waals surface area (Å²) in [4.78, 5) is 7.93. The third kappa shape index (κ3) is 5.38. The number of nitrogens with zero attached hydrogens (tertiary/aromatic N) is 1. The van der Waals surface area contributed by atoms with Crippen LogP contribution in [0.15, 0.2) is 59.1 Å². The van der Waals surface area contributed by atoms with Crippen molar-refractivity contribution in [1.82, 2.24) is 15.3 Å². The quantitative estimate of drug-likeness (QED) is 0.245. The molecule has 4 aromatic rings. The molecule has 0 saturated heterocycles. The van der Waals surface area contributed by atoms with Crippen molar-refractivity contribution in [2.75, 3.05) is 6.61 Å². The van der Waals surface area contributed by atoms with Crippen molar-refractivity contribution in [1.29, 1.82) is 0 Å². The standard InChI is InChI=1S/C24H22BrCl2N3O2/c1-2-31-22-10-15(12-28-13-24-29-20-8-3-4-9-21(20)30-24)17(25)11-23(22)32-14-16-18(26)6-5-7-19(16)27/h3-11,28H,2,12-14H2,1H3,(H,29,30). The van der Waals surface area contributed by atoms with Gasteiger partial charge in [-0.05, 0) is 48.9 Å². The van der Waals surface area contributed by atoms with Crippen LogP contribution in [0.5, 0.6) is 11.5 Å². The van der Waals surface area contributed by atoms with Crippen LogP contribution in [-0.2, 0) is 19.7 Å². The van der Waals surface area contributed by atoms with Gasteiger partial charge in [-0.2, -0.15) is 0 Å². The monoisotopic (exact) mass is 533 g/mol. The Morgan fingerprint density at radius 2 is 1.72 bits per heavy atom. The van der Waals surface area contributed by atoms with Crippen LogP contribution in [0.25, 0.3) is 11.0 Å². The van der Waals surface area contributed by atoms with Gasteiger partial charge in [-0.3, -0.25) is 0 Å². The number of hydrogen-bond acceptors (Lipinski definition) is 4. The van der Waals surface area contributed by atoms with E-state index in [4.69, 9.17) is 32.7 Å². The number of benzene rings is 3. The van der Waals surface area contributed by atoms with Crippen molar-refractivity contribution in [3.05, 3.63) is 86.1 Å². The zero-order valence-electron chi connectivity index (χ0n) is 17.4. The summed E-state index contributed by atoms with van der Waals surface area (Å²) in [6.07, 6.45) is 0. The minimum absolute atomic E-state index is 0.245.